The van der Waals surface area contributed by atoms with Gasteiger partial charge in [-0.15, -0.1) is 0 Å². The molecule has 15 heavy (non-hydrogen) atoms. The van der Waals surface area contributed by atoms with Gasteiger partial charge in [0, 0.05) is 12.1 Å². The van der Waals surface area contributed by atoms with Gasteiger partial charge in [0.15, 0.2) is 0 Å². The van der Waals surface area contributed by atoms with Gasteiger partial charge in [-0.25, -0.2) is 4.39 Å². The minimum Gasteiger partial charge on any atom is -0.313 e. The van der Waals surface area contributed by atoms with Crippen LogP contribution in [0, 0.1) is 5.82 Å². The van der Waals surface area contributed by atoms with Crippen molar-refractivity contribution in [2.24, 2.45) is 0 Å². The van der Waals surface area contributed by atoms with E-state index in [1.807, 2.05) is 12.1 Å². The molecule has 3 heteroatoms. The Bertz CT molecular complexity index is 287. The predicted octanol–water partition coefficient (Wildman–Crippen LogP) is 1.87. The molecule has 0 saturated carbocycles. The standard InChI is InChI=1S/C12H19FN2/c1-15(2)9-5-8-14-10-11-6-3-4-7-12(11)13/h3-4,6-7,14H,5,8-10H2,1-2H3. The van der Waals surface area contributed by atoms with Crippen LogP contribution >= 0.6 is 0 Å². The van der Waals surface area contributed by atoms with Crippen LogP contribution in [0.5, 0.6) is 0 Å². The summed E-state index contributed by atoms with van der Waals surface area (Å²) in [6.45, 7) is 2.59. The van der Waals surface area contributed by atoms with Gasteiger partial charge < -0.3 is 10.2 Å². The first-order chi connectivity index (χ1) is 7.20. The van der Waals surface area contributed by atoms with E-state index in [4.69, 9.17) is 0 Å². The highest BCUT2D eigenvalue weighted by atomic mass is 19.1. The molecule has 0 heterocycles. The minimum atomic E-state index is -0.127. The van der Waals surface area contributed by atoms with E-state index in [9.17, 15) is 4.39 Å². The third-order valence-electron chi connectivity index (χ3n) is 2.23. The number of nitrogens with one attached hydrogen (secondary N) is 1. The van der Waals surface area contributed by atoms with E-state index >= 15 is 0 Å². The second-order valence-corrected chi connectivity index (χ2v) is 3.93. The third-order valence-corrected chi connectivity index (χ3v) is 2.23. The molecule has 0 atom stereocenters. The zero-order valence-corrected chi connectivity index (χ0v) is 9.46. The SMILES string of the molecule is CN(C)CCCNCc1ccccc1F. The van der Waals surface area contributed by atoms with E-state index in [1.165, 1.54) is 6.07 Å². The summed E-state index contributed by atoms with van der Waals surface area (Å²) >= 11 is 0. The van der Waals surface area contributed by atoms with Crippen molar-refractivity contribution in [3.8, 4) is 0 Å². The molecule has 2 nitrogen and oxygen atoms in total. The van der Waals surface area contributed by atoms with E-state index in [1.54, 1.807) is 6.07 Å². The van der Waals surface area contributed by atoms with Crippen molar-refractivity contribution in [3.05, 3.63) is 35.6 Å². The van der Waals surface area contributed by atoms with Gasteiger partial charge in [-0.2, -0.15) is 0 Å². The molecule has 0 aliphatic heterocycles. The van der Waals surface area contributed by atoms with Crippen LogP contribution in [-0.4, -0.2) is 32.1 Å². The Kier molecular flexibility index (Phi) is 5.29. The van der Waals surface area contributed by atoms with E-state index in [0.717, 1.165) is 25.1 Å². The number of nitrogens with zero attached hydrogens (tertiary/aromatic N) is 1. The molecule has 1 aromatic carbocycles. The Morgan fingerprint density at radius 2 is 2.00 bits per heavy atom. The summed E-state index contributed by atoms with van der Waals surface area (Å²) in [7, 11) is 4.10. The molecule has 0 saturated heterocycles. The number of hydrogen-bond acceptors (Lipinski definition) is 2. The van der Waals surface area contributed by atoms with Crippen LogP contribution in [0.25, 0.3) is 0 Å². The first-order valence-corrected chi connectivity index (χ1v) is 5.29. The van der Waals surface area contributed by atoms with Gasteiger partial charge in [0.05, 0.1) is 0 Å². The maximum absolute atomic E-state index is 13.2. The molecule has 0 radical (unpaired) electrons. The number of hydrogen-bond donors (Lipinski definition) is 1. The molecule has 1 N–H and O–H groups in total. The molecule has 0 aliphatic carbocycles. The van der Waals surface area contributed by atoms with Crippen molar-refractivity contribution in [3.63, 3.8) is 0 Å². The summed E-state index contributed by atoms with van der Waals surface area (Å²) < 4.78 is 13.2. The van der Waals surface area contributed by atoms with Crippen LogP contribution in [0.3, 0.4) is 0 Å². The summed E-state index contributed by atoms with van der Waals surface area (Å²) in [6.07, 6.45) is 1.08. The topological polar surface area (TPSA) is 15.3 Å². The number of benzene rings is 1. The molecule has 0 amide bonds. The van der Waals surface area contributed by atoms with Gasteiger partial charge >= 0.3 is 0 Å². The lowest BCUT2D eigenvalue weighted by atomic mass is 10.2. The number of rotatable bonds is 6. The highest BCUT2D eigenvalue weighted by Gasteiger charge is 1.98. The van der Waals surface area contributed by atoms with Crippen LogP contribution in [0.1, 0.15) is 12.0 Å². The van der Waals surface area contributed by atoms with Crippen molar-refractivity contribution in [2.45, 2.75) is 13.0 Å². The normalized spacial score (nSPS) is 10.9. The largest absolute Gasteiger partial charge is 0.313 e. The summed E-state index contributed by atoms with van der Waals surface area (Å²) in [6, 6.07) is 6.88. The van der Waals surface area contributed by atoms with Crippen LogP contribution < -0.4 is 5.32 Å². The Hall–Kier alpha value is -0.930. The Morgan fingerprint density at radius 1 is 1.27 bits per heavy atom. The van der Waals surface area contributed by atoms with Gasteiger partial charge in [-0.3, -0.25) is 0 Å². The maximum Gasteiger partial charge on any atom is 0.127 e. The van der Waals surface area contributed by atoms with Gasteiger partial charge in [0.25, 0.3) is 0 Å². The molecule has 0 aromatic heterocycles. The highest BCUT2D eigenvalue weighted by molar-refractivity contribution is 5.16. The molecule has 0 fully saturated rings. The maximum atomic E-state index is 13.2. The second kappa shape index (κ2) is 6.53. The van der Waals surface area contributed by atoms with Gasteiger partial charge in [-0.1, -0.05) is 18.2 Å². The van der Waals surface area contributed by atoms with Gasteiger partial charge in [0.2, 0.25) is 0 Å². The highest BCUT2D eigenvalue weighted by Crippen LogP contribution is 2.05. The lowest BCUT2D eigenvalue weighted by molar-refractivity contribution is 0.394. The molecule has 0 spiro atoms. The lowest BCUT2D eigenvalue weighted by Crippen LogP contribution is -2.21. The molecule has 1 rings (SSSR count). The summed E-state index contributed by atoms with van der Waals surface area (Å²) in [5, 5.41) is 3.23. The van der Waals surface area contributed by atoms with Crippen molar-refractivity contribution in [1.29, 1.82) is 0 Å². The van der Waals surface area contributed by atoms with Crippen LogP contribution in [0.15, 0.2) is 24.3 Å². The fourth-order valence-electron chi connectivity index (χ4n) is 1.39. The Balaban J connectivity index is 2.18. The van der Waals surface area contributed by atoms with Crippen molar-refractivity contribution in [2.75, 3.05) is 27.2 Å². The molecular formula is C12H19FN2. The minimum absolute atomic E-state index is 0.127. The summed E-state index contributed by atoms with van der Waals surface area (Å²) in [5.74, 6) is -0.127. The molecule has 1 aromatic rings. The van der Waals surface area contributed by atoms with E-state index < -0.39 is 0 Å². The molecular weight excluding hydrogens is 191 g/mol. The monoisotopic (exact) mass is 210 g/mol. The zero-order valence-electron chi connectivity index (χ0n) is 9.46. The average Bonchev–Trinajstić information content (AvgIpc) is 2.20. The lowest BCUT2D eigenvalue weighted by Gasteiger charge is -2.10. The summed E-state index contributed by atoms with van der Waals surface area (Å²) in [5.41, 5.74) is 0.738. The van der Waals surface area contributed by atoms with Crippen molar-refractivity contribution in [1.82, 2.24) is 10.2 Å². The Labute approximate surface area is 91.1 Å². The fourth-order valence-corrected chi connectivity index (χ4v) is 1.39. The Morgan fingerprint density at radius 3 is 2.67 bits per heavy atom. The average molecular weight is 210 g/mol. The second-order valence-electron chi connectivity index (χ2n) is 3.93. The predicted molar refractivity (Wildman–Crippen MR) is 61.3 cm³/mol. The molecule has 0 unspecified atom stereocenters. The van der Waals surface area contributed by atoms with Crippen LogP contribution in [0.4, 0.5) is 4.39 Å². The van der Waals surface area contributed by atoms with Crippen molar-refractivity contribution < 1.29 is 4.39 Å². The van der Waals surface area contributed by atoms with Crippen molar-refractivity contribution >= 4 is 0 Å². The van der Waals surface area contributed by atoms with Crippen LogP contribution in [0.2, 0.25) is 0 Å². The quantitative estimate of drug-likeness (QED) is 0.721. The van der Waals surface area contributed by atoms with Crippen LogP contribution in [-0.2, 0) is 6.54 Å². The fraction of sp³-hybridized carbons (Fsp3) is 0.500. The van der Waals surface area contributed by atoms with E-state index in [0.29, 0.717) is 6.54 Å². The van der Waals surface area contributed by atoms with E-state index in [2.05, 4.69) is 24.3 Å². The first-order valence-electron chi connectivity index (χ1n) is 5.29. The number of halogens is 1. The summed E-state index contributed by atoms with van der Waals surface area (Å²) in [4.78, 5) is 2.14. The first kappa shape index (κ1) is 12.1. The zero-order chi connectivity index (χ0) is 11.1. The van der Waals surface area contributed by atoms with Gasteiger partial charge in [0.1, 0.15) is 5.82 Å². The van der Waals surface area contributed by atoms with E-state index in [-0.39, 0.29) is 5.82 Å². The molecule has 0 bridgehead atoms. The smallest absolute Gasteiger partial charge is 0.127 e. The van der Waals surface area contributed by atoms with Gasteiger partial charge in [-0.05, 0) is 39.7 Å². The molecule has 84 valence electrons. The molecule has 0 aliphatic rings. The third kappa shape index (κ3) is 4.91.